The summed E-state index contributed by atoms with van der Waals surface area (Å²) in [7, 11) is 1.32. The molecule has 0 bridgehead atoms. The van der Waals surface area contributed by atoms with Gasteiger partial charge in [-0.2, -0.15) is 13.2 Å². The first-order valence-corrected chi connectivity index (χ1v) is 17.0. The zero-order valence-corrected chi connectivity index (χ0v) is 29.3. The number of nitrogens with one attached hydrogen (secondary N) is 1. The molecule has 5 rings (SSSR count). The molecule has 4 aromatic rings. The summed E-state index contributed by atoms with van der Waals surface area (Å²) in [5, 5.41) is 2.54. The lowest BCUT2D eigenvalue weighted by Crippen LogP contribution is -2.48. The average molecular weight is 802 g/mol. The number of rotatable bonds is 12. The van der Waals surface area contributed by atoms with Crippen molar-refractivity contribution in [3.63, 3.8) is 0 Å². The number of hydrogen-bond donors (Lipinski definition) is 1. The summed E-state index contributed by atoms with van der Waals surface area (Å²) >= 11 is 0. The fraction of sp³-hybridized carbons (Fsp3) is 0.333. The van der Waals surface area contributed by atoms with Crippen LogP contribution in [0.4, 0.5) is 43.9 Å². The highest BCUT2D eigenvalue weighted by Crippen LogP contribution is 2.40. The topological polar surface area (TPSA) is 83.1 Å². The second-order valence-electron chi connectivity index (χ2n) is 13.1. The van der Waals surface area contributed by atoms with Gasteiger partial charge in [-0.15, -0.1) is 26.3 Å². The monoisotopic (exact) mass is 801 g/mol. The smallest absolute Gasteiger partial charge is 0.493 e. The predicted octanol–water partition coefficient (Wildman–Crippen LogP) is 9.92. The van der Waals surface area contributed by atoms with E-state index < -0.39 is 65.2 Å². The first-order chi connectivity index (χ1) is 26.2. The Labute approximate surface area is 313 Å². The quantitative estimate of drug-likeness (QED) is 0.114. The van der Waals surface area contributed by atoms with Gasteiger partial charge in [0.2, 0.25) is 0 Å². The maximum Gasteiger partial charge on any atom is 0.573 e. The van der Waals surface area contributed by atoms with Crippen LogP contribution >= 0.6 is 0 Å². The number of alkyl halides is 9. The van der Waals surface area contributed by atoms with E-state index in [1.807, 2.05) is 0 Å². The molecule has 0 heterocycles. The number of ether oxygens (including phenoxy) is 4. The highest BCUT2D eigenvalue weighted by atomic mass is 19.4. The second kappa shape index (κ2) is 16.7. The Morgan fingerprint density at radius 1 is 0.732 bits per heavy atom. The van der Waals surface area contributed by atoms with Crippen LogP contribution in [-0.4, -0.2) is 38.3 Å². The number of esters is 1. The van der Waals surface area contributed by atoms with Crippen molar-refractivity contribution in [3.8, 4) is 17.2 Å². The van der Waals surface area contributed by atoms with E-state index in [4.69, 9.17) is 9.47 Å². The Hall–Kier alpha value is -5.48. The fourth-order valence-electron chi connectivity index (χ4n) is 6.67. The van der Waals surface area contributed by atoms with Crippen LogP contribution in [0.15, 0.2) is 91.0 Å². The van der Waals surface area contributed by atoms with Gasteiger partial charge >= 0.3 is 24.9 Å². The van der Waals surface area contributed by atoms with Gasteiger partial charge in [0.15, 0.2) is 0 Å². The van der Waals surface area contributed by atoms with Crippen molar-refractivity contribution in [3.05, 3.63) is 125 Å². The normalized spacial score (nSPS) is 16.5. The molecule has 0 unspecified atom stereocenters. The Balaban J connectivity index is 1.58. The van der Waals surface area contributed by atoms with Crippen molar-refractivity contribution >= 4 is 11.9 Å². The molecule has 4 aromatic carbocycles. The number of carbonyl (C=O) groups excluding carboxylic acids is 2. The lowest BCUT2D eigenvalue weighted by atomic mass is 9.77. The third kappa shape index (κ3) is 10.8. The van der Waals surface area contributed by atoms with Gasteiger partial charge < -0.3 is 24.3 Å². The Kier molecular flexibility index (Phi) is 12.4. The molecule has 56 heavy (non-hydrogen) atoms. The minimum atomic E-state index is -5.23. The maximum absolute atomic E-state index is 14.2. The number of hydrogen-bond acceptors (Lipinski definition) is 6. The number of benzene rings is 4. The van der Waals surface area contributed by atoms with Crippen molar-refractivity contribution in [2.24, 2.45) is 11.8 Å². The molecule has 1 N–H and O–H groups in total. The molecule has 7 nitrogen and oxygen atoms in total. The molecular weight excluding hydrogens is 768 g/mol. The van der Waals surface area contributed by atoms with E-state index in [0.717, 1.165) is 55.3 Å². The number of methoxy groups -OCH3 is 1. The Morgan fingerprint density at radius 3 is 1.86 bits per heavy atom. The van der Waals surface area contributed by atoms with E-state index in [1.54, 1.807) is 0 Å². The van der Waals surface area contributed by atoms with Gasteiger partial charge in [0.25, 0.3) is 5.91 Å². The molecule has 1 amide bonds. The first-order valence-electron chi connectivity index (χ1n) is 17.0. The van der Waals surface area contributed by atoms with E-state index in [1.165, 1.54) is 43.5 Å². The van der Waals surface area contributed by atoms with Crippen LogP contribution in [0.5, 0.6) is 17.2 Å². The van der Waals surface area contributed by atoms with Crippen LogP contribution in [0.25, 0.3) is 0 Å². The van der Waals surface area contributed by atoms with Crippen molar-refractivity contribution < 1.29 is 72.4 Å². The molecule has 1 saturated carbocycles. The third-order valence-electron chi connectivity index (χ3n) is 9.18. The van der Waals surface area contributed by atoms with Crippen LogP contribution < -0.4 is 19.5 Å². The summed E-state index contributed by atoms with van der Waals surface area (Å²) in [5.41, 5.74) is -4.76. The van der Waals surface area contributed by atoms with Crippen LogP contribution in [0.2, 0.25) is 0 Å². The molecule has 1 fully saturated rings. The fourth-order valence-corrected chi connectivity index (χ4v) is 6.67. The highest BCUT2D eigenvalue weighted by molar-refractivity contribution is 5.95. The summed E-state index contributed by atoms with van der Waals surface area (Å²) in [5.74, 6) is -4.73. The summed E-state index contributed by atoms with van der Waals surface area (Å²) in [6.07, 6.45) is -13.2. The third-order valence-corrected chi connectivity index (χ3v) is 9.18. The standard InChI is InChI=1S/C39H33F10NO6/c1-53-35(52)26-6-2-5-24(17-26)22-54-29-14-11-23(12-15-29)21-36(27-7-3-9-30(19-27)55-38(44,45)46,28-8-4-10-31(20-28)56-39(47,48)49)50-34(51)25-13-16-33(40)32(18-25)37(41,42)43/h3-4,7-16,18-20,24,26H,2,5-6,17,21-22H2,1H3,(H,50,51)/t24-,26+/m1/s1. The average Bonchev–Trinajstić information content (AvgIpc) is 3.12. The molecule has 0 radical (unpaired) electrons. The molecular formula is C39H33F10NO6. The SMILES string of the molecule is COC(=O)[C@H]1CCC[C@@H](COc2ccc(CC(NC(=O)c3ccc(F)c(C(F)(F)F)c3)(c3cccc(OC(F)(F)F)c3)c3cccc(OC(F)(F)F)c3)cc2)C1. The van der Waals surface area contributed by atoms with Gasteiger partial charge in [-0.05, 0) is 96.5 Å². The minimum Gasteiger partial charge on any atom is -0.493 e. The molecule has 17 heteroatoms. The zero-order valence-electron chi connectivity index (χ0n) is 29.3. The molecule has 0 aliphatic heterocycles. The number of amides is 1. The summed E-state index contributed by atoms with van der Waals surface area (Å²) in [6, 6.07) is 15.7. The molecule has 1 aliphatic carbocycles. The lowest BCUT2D eigenvalue weighted by Gasteiger charge is -2.37. The van der Waals surface area contributed by atoms with E-state index in [2.05, 4.69) is 14.8 Å². The van der Waals surface area contributed by atoms with Gasteiger partial charge in [0.1, 0.15) is 23.1 Å². The van der Waals surface area contributed by atoms with Gasteiger partial charge in [-0.1, -0.05) is 42.8 Å². The van der Waals surface area contributed by atoms with Crippen LogP contribution in [-0.2, 0) is 27.7 Å². The van der Waals surface area contributed by atoms with E-state index in [-0.39, 0.29) is 41.6 Å². The van der Waals surface area contributed by atoms with Crippen LogP contribution in [0.3, 0.4) is 0 Å². The summed E-state index contributed by atoms with van der Waals surface area (Å²) in [6.45, 7) is 0.252. The van der Waals surface area contributed by atoms with Gasteiger partial charge in [0, 0.05) is 12.0 Å². The van der Waals surface area contributed by atoms with E-state index >= 15 is 0 Å². The second-order valence-corrected chi connectivity index (χ2v) is 13.1. The van der Waals surface area contributed by atoms with Gasteiger partial charge in [-0.3, -0.25) is 9.59 Å². The zero-order chi connectivity index (χ0) is 40.9. The maximum atomic E-state index is 14.2. The Bertz CT molecular complexity index is 1940. The first kappa shape index (κ1) is 41.7. The van der Waals surface area contributed by atoms with E-state index in [0.29, 0.717) is 30.2 Å². The highest BCUT2D eigenvalue weighted by Gasteiger charge is 2.41. The predicted molar refractivity (Wildman–Crippen MR) is 179 cm³/mol. The van der Waals surface area contributed by atoms with E-state index in [9.17, 15) is 53.5 Å². The molecule has 0 spiro atoms. The molecule has 300 valence electrons. The summed E-state index contributed by atoms with van der Waals surface area (Å²) in [4.78, 5) is 26.0. The lowest BCUT2D eigenvalue weighted by molar-refractivity contribution is -0.275. The Morgan fingerprint density at radius 2 is 1.32 bits per heavy atom. The van der Waals surface area contributed by atoms with Crippen molar-refractivity contribution in [1.29, 1.82) is 0 Å². The minimum absolute atomic E-state index is 0.0390. The number of carbonyl (C=O) groups is 2. The summed E-state index contributed by atoms with van der Waals surface area (Å²) < 4.78 is 154. The molecule has 0 aromatic heterocycles. The molecule has 0 saturated heterocycles. The van der Waals surface area contributed by atoms with Gasteiger partial charge in [0.05, 0.1) is 30.7 Å². The van der Waals surface area contributed by atoms with Crippen molar-refractivity contribution in [2.45, 2.75) is 56.5 Å². The van der Waals surface area contributed by atoms with Crippen molar-refractivity contribution in [1.82, 2.24) is 5.32 Å². The largest absolute Gasteiger partial charge is 0.573 e. The van der Waals surface area contributed by atoms with Crippen LogP contribution in [0, 0.1) is 17.7 Å². The molecule has 2 atom stereocenters. The van der Waals surface area contributed by atoms with Crippen molar-refractivity contribution in [2.75, 3.05) is 13.7 Å². The molecule has 1 aliphatic rings. The van der Waals surface area contributed by atoms with Crippen LogP contribution in [0.1, 0.15) is 58.3 Å². The van der Waals surface area contributed by atoms with Gasteiger partial charge in [-0.25, -0.2) is 4.39 Å². The number of halogens is 10.